The van der Waals surface area contributed by atoms with Crippen LogP contribution in [0.15, 0.2) is 18.2 Å². The van der Waals surface area contributed by atoms with Crippen LogP contribution in [0.4, 0.5) is 30.6 Å². The van der Waals surface area contributed by atoms with E-state index in [2.05, 4.69) is 20.1 Å². The standard InChI is InChI=1S/C22H23F3N6O2/c1-12(14-7-15(22(23,24)25)9-16(26)8-14)28-19-17-10-31(11-18(17)29-21(27-2)30-19)20(32)13-3-5-33-6-4-13/h7-9,12-13H,3-6,10-11,26H2,1H3,(H,28,29,30)/t12-/m1/s1. The highest BCUT2D eigenvalue weighted by atomic mass is 19.4. The van der Waals surface area contributed by atoms with Gasteiger partial charge < -0.3 is 25.5 Å². The van der Waals surface area contributed by atoms with Gasteiger partial charge in [-0.3, -0.25) is 4.79 Å². The zero-order chi connectivity index (χ0) is 23.8. The SMILES string of the molecule is [C-]#[N+]c1nc2c(c(N[C@H](C)c3cc(N)cc(C(F)(F)F)c3)n1)CN(C(=O)C1CCOCC1)C2. The molecule has 11 heteroatoms. The second kappa shape index (κ2) is 8.86. The van der Waals surface area contributed by atoms with Gasteiger partial charge in [0.2, 0.25) is 5.91 Å². The normalized spacial score (nSPS) is 17.4. The van der Waals surface area contributed by atoms with Gasteiger partial charge in [-0.1, -0.05) is 0 Å². The molecular formula is C22H23F3N6O2. The van der Waals surface area contributed by atoms with Gasteiger partial charge in [-0.25, -0.2) is 0 Å². The molecule has 1 amide bonds. The van der Waals surface area contributed by atoms with E-state index >= 15 is 0 Å². The molecular weight excluding hydrogens is 437 g/mol. The Kier molecular flexibility index (Phi) is 6.12. The molecule has 0 saturated carbocycles. The highest BCUT2D eigenvalue weighted by Crippen LogP contribution is 2.35. The number of anilines is 2. The molecule has 174 valence electrons. The molecule has 2 aromatic rings. The fraction of sp³-hybridized carbons (Fsp3) is 0.455. The van der Waals surface area contributed by atoms with E-state index in [-0.39, 0.29) is 36.6 Å². The number of fused-ring (bicyclic) bond motifs is 1. The van der Waals surface area contributed by atoms with E-state index in [1.54, 1.807) is 11.8 Å². The van der Waals surface area contributed by atoms with Crippen molar-refractivity contribution in [2.45, 2.75) is 45.1 Å². The van der Waals surface area contributed by atoms with Crippen LogP contribution in [0, 0.1) is 12.5 Å². The fourth-order valence-electron chi connectivity index (χ4n) is 4.15. The van der Waals surface area contributed by atoms with Gasteiger partial charge in [0.25, 0.3) is 0 Å². The maximum atomic E-state index is 13.2. The fourth-order valence-corrected chi connectivity index (χ4v) is 4.15. The molecule has 4 rings (SSSR count). The van der Waals surface area contributed by atoms with E-state index in [0.717, 1.165) is 12.1 Å². The van der Waals surface area contributed by atoms with Crippen LogP contribution >= 0.6 is 0 Å². The number of hydrogen-bond acceptors (Lipinski definition) is 6. The summed E-state index contributed by atoms with van der Waals surface area (Å²) in [6.07, 6.45) is -3.21. The first-order chi connectivity index (χ1) is 15.7. The number of carbonyl (C=O) groups excluding carboxylic acids is 1. The molecule has 0 spiro atoms. The lowest BCUT2D eigenvalue weighted by molar-refractivity contribution is -0.139. The molecule has 1 fully saturated rings. The smallest absolute Gasteiger partial charge is 0.399 e. The molecule has 1 saturated heterocycles. The zero-order valence-corrected chi connectivity index (χ0v) is 17.9. The summed E-state index contributed by atoms with van der Waals surface area (Å²) in [6, 6.07) is 2.79. The van der Waals surface area contributed by atoms with E-state index < -0.39 is 17.8 Å². The van der Waals surface area contributed by atoms with Gasteiger partial charge in [0, 0.05) is 24.8 Å². The van der Waals surface area contributed by atoms with Gasteiger partial charge >= 0.3 is 12.1 Å². The Bertz CT molecular complexity index is 1110. The zero-order valence-electron chi connectivity index (χ0n) is 17.9. The van der Waals surface area contributed by atoms with E-state index in [1.165, 1.54) is 6.07 Å². The Morgan fingerprint density at radius 1 is 1.27 bits per heavy atom. The van der Waals surface area contributed by atoms with Gasteiger partial charge in [0.05, 0.1) is 30.3 Å². The number of nitrogen functional groups attached to an aromatic ring is 1. The molecule has 3 N–H and O–H groups in total. The Labute approximate surface area is 188 Å². The van der Waals surface area contributed by atoms with Crippen molar-refractivity contribution < 1.29 is 22.7 Å². The van der Waals surface area contributed by atoms with Crippen molar-refractivity contribution in [3.8, 4) is 0 Å². The maximum absolute atomic E-state index is 13.2. The van der Waals surface area contributed by atoms with Crippen LogP contribution in [0.5, 0.6) is 0 Å². The second-order valence-corrected chi connectivity index (χ2v) is 8.24. The van der Waals surface area contributed by atoms with Crippen LogP contribution in [0.2, 0.25) is 0 Å². The number of alkyl halides is 3. The third-order valence-electron chi connectivity index (χ3n) is 5.91. The highest BCUT2D eigenvalue weighted by molar-refractivity contribution is 5.80. The molecule has 3 heterocycles. The van der Waals surface area contributed by atoms with Crippen molar-refractivity contribution in [1.82, 2.24) is 14.9 Å². The molecule has 8 nitrogen and oxygen atoms in total. The number of hydrogen-bond donors (Lipinski definition) is 2. The summed E-state index contributed by atoms with van der Waals surface area (Å²) in [4.78, 5) is 26.5. The number of nitrogens with one attached hydrogen (secondary N) is 1. The first-order valence-electron chi connectivity index (χ1n) is 10.5. The Morgan fingerprint density at radius 3 is 2.67 bits per heavy atom. The predicted octanol–water partition coefficient (Wildman–Crippen LogP) is 4.07. The van der Waals surface area contributed by atoms with Crippen molar-refractivity contribution in [3.63, 3.8) is 0 Å². The molecule has 1 aromatic heterocycles. The van der Waals surface area contributed by atoms with Crippen LogP contribution in [-0.4, -0.2) is 34.0 Å². The molecule has 33 heavy (non-hydrogen) atoms. The summed E-state index contributed by atoms with van der Waals surface area (Å²) >= 11 is 0. The average molecular weight is 460 g/mol. The number of nitrogens with zero attached hydrogens (tertiary/aromatic N) is 4. The summed E-state index contributed by atoms with van der Waals surface area (Å²) < 4.78 is 45.0. The lowest BCUT2D eigenvalue weighted by atomic mass is 9.99. The molecule has 0 unspecified atom stereocenters. The van der Waals surface area contributed by atoms with E-state index in [0.29, 0.717) is 48.7 Å². The lowest BCUT2D eigenvalue weighted by Gasteiger charge is -2.25. The second-order valence-electron chi connectivity index (χ2n) is 8.24. The number of amides is 1. The minimum Gasteiger partial charge on any atom is -0.399 e. The number of ether oxygens (including phenoxy) is 1. The number of aromatic nitrogens is 2. The molecule has 0 radical (unpaired) electrons. The average Bonchev–Trinajstić information content (AvgIpc) is 3.22. The van der Waals surface area contributed by atoms with Gasteiger partial charge in [-0.2, -0.15) is 18.2 Å². The number of carbonyl (C=O) groups is 1. The third-order valence-corrected chi connectivity index (χ3v) is 5.91. The van der Waals surface area contributed by atoms with Crippen LogP contribution in [-0.2, 0) is 28.8 Å². The van der Waals surface area contributed by atoms with Crippen LogP contribution in [0.1, 0.15) is 48.2 Å². The van der Waals surface area contributed by atoms with Gasteiger partial charge in [0.1, 0.15) is 5.69 Å². The summed E-state index contributed by atoms with van der Waals surface area (Å²) in [5.74, 6) is 0.124. The third kappa shape index (κ3) is 4.85. The minimum atomic E-state index is -4.53. The van der Waals surface area contributed by atoms with Crippen LogP contribution in [0.25, 0.3) is 4.85 Å². The predicted molar refractivity (Wildman–Crippen MR) is 114 cm³/mol. The van der Waals surface area contributed by atoms with Crippen molar-refractivity contribution in [2.75, 3.05) is 24.3 Å². The summed E-state index contributed by atoms with van der Waals surface area (Å²) in [5.41, 5.74) is 6.41. The van der Waals surface area contributed by atoms with E-state index in [4.69, 9.17) is 17.0 Å². The summed E-state index contributed by atoms with van der Waals surface area (Å²) in [5, 5.41) is 3.10. The minimum absolute atomic E-state index is 0.00327. The number of halogens is 3. The largest absolute Gasteiger partial charge is 0.416 e. The molecule has 2 aliphatic heterocycles. The Morgan fingerprint density at radius 2 is 2.00 bits per heavy atom. The van der Waals surface area contributed by atoms with Gasteiger partial charge in [-0.15, -0.1) is 11.6 Å². The van der Waals surface area contributed by atoms with Crippen molar-refractivity contribution >= 4 is 23.4 Å². The lowest BCUT2D eigenvalue weighted by Crippen LogP contribution is -2.35. The Hall–Kier alpha value is -3.39. The Balaban J connectivity index is 1.59. The first-order valence-corrected chi connectivity index (χ1v) is 10.5. The molecule has 1 aromatic carbocycles. The van der Waals surface area contributed by atoms with E-state index in [9.17, 15) is 18.0 Å². The molecule has 2 aliphatic rings. The topological polar surface area (TPSA) is 97.7 Å². The number of benzene rings is 1. The maximum Gasteiger partial charge on any atom is 0.416 e. The quantitative estimate of drug-likeness (QED) is 0.527. The molecule has 0 aliphatic carbocycles. The van der Waals surface area contributed by atoms with Gasteiger partial charge in [0.15, 0.2) is 5.82 Å². The van der Waals surface area contributed by atoms with Gasteiger partial charge in [-0.05, 0) is 43.5 Å². The molecule has 0 bridgehead atoms. The molecule has 1 atom stereocenters. The van der Waals surface area contributed by atoms with Crippen molar-refractivity contribution in [2.24, 2.45) is 5.92 Å². The monoisotopic (exact) mass is 460 g/mol. The van der Waals surface area contributed by atoms with E-state index in [1.807, 2.05) is 0 Å². The van der Waals surface area contributed by atoms with Crippen LogP contribution < -0.4 is 11.1 Å². The first kappa shape index (κ1) is 22.8. The van der Waals surface area contributed by atoms with Crippen molar-refractivity contribution in [1.29, 1.82) is 0 Å². The van der Waals surface area contributed by atoms with Crippen molar-refractivity contribution in [3.05, 3.63) is 52.0 Å². The summed E-state index contributed by atoms with van der Waals surface area (Å²) in [7, 11) is 0. The summed E-state index contributed by atoms with van der Waals surface area (Å²) in [6.45, 7) is 10.6. The highest BCUT2D eigenvalue weighted by Gasteiger charge is 2.35. The number of rotatable bonds is 4. The number of nitrogens with two attached hydrogens (primary N) is 1. The van der Waals surface area contributed by atoms with Crippen LogP contribution in [0.3, 0.4) is 0 Å².